The van der Waals surface area contributed by atoms with Crippen LogP contribution in [0.3, 0.4) is 0 Å². The van der Waals surface area contributed by atoms with Gasteiger partial charge in [0, 0.05) is 36.2 Å². The van der Waals surface area contributed by atoms with Crippen molar-refractivity contribution in [2.45, 2.75) is 13.0 Å². The number of ether oxygens (including phenoxy) is 1. The molecule has 0 atom stereocenters. The molecule has 0 aliphatic heterocycles. The van der Waals surface area contributed by atoms with Gasteiger partial charge in [0.2, 0.25) is 0 Å². The van der Waals surface area contributed by atoms with Gasteiger partial charge < -0.3 is 15.2 Å². The average Bonchev–Trinajstić information content (AvgIpc) is 2.28. The molecular weight excluding hydrogens is 228 g/mol. The summed E-state index contributed by atoms with van der Waals surface area (Å²) < 4.78 is 4.98. The van der Waals surface area contributed by atoms with Crippen molar-refractivity contribution < 1.29 is 9.84 Å². The second-order valence-corrected chi connectivity index (χ2v) is 3.64. The van der Waals surface area contributed by atoms with Gasteiger partial charge in [0.25, 0.3) is 0 Å². The summed E-state index contributed by atoms with van der Waals surface area (Å²) in [5, 5.41) is 21.7. The van der Waals surface area contributed by atoms with Crippen LogP contribution in [-0.2, 0) is 6.54 Å². The number of hydrogen-bond donors (Lipinski definition) is 2. The monoisotopic (exact) mass is 240 g/mol. The van der Waals surface area contributed by atoms with E-state index < -0.39 is 0 Å². The number of halogens is 1. The number of nitrogens with one attached hydrogen (secondary N) is 1. The Morgan fingerprint density at radius 2 is 2.31 bits per heavy atom. The lowest BCUT2D eigenvalue weighted by molar-refractivity contribution is 0.370. The molecule has 0 heterocycles. The van der Waals surface area contributed by atoms with Gasteiger partial charge in [0.15, 0.2) is 11.5 Å². The van der Waals surface area contributed by atoms with Crippen LogP contribution in [0.2, 0.25) is 5.02 Å². The van der Waals surface area contributed by atoms with Crippen molar-refractivity contribution in [3.8, 4) is 17.6 Å². The van der Waals surface area contributed by atoms with E-state index in [0.29, 0.717) is 35.8 Å². The van der Waals surface area contributed by atoms with Crippen LogP contribution in [0.5, 0.6) is 11.5 Å². The molecule has 2 N–H and O–H groups in total. The van der Waals surface area contributed by atoms with Crippen molar-refractivity contribution in [3.63, 3.8) is 0 Å². The summed E-state index contributed by atoms with van der Waals surface area (Å²) in [5.41, 5.74) is 0.655. The van der Waals surface area contributed by atoms with E-state index in [1.54, 1.807) is 12.1 Å². The number of nitrogens with zero attached hydrogens (tertiary/aromatic N) is 1. The number of nitriles is 1. The molecule has 16 heavy (non-hydrogen) atoms. The third kappa shape index (κ3) is 3.30. The lowest BCUT2D eigenvalue weighted by atomic mass is 10.2. The summed E-state index contributed by atoms with van der Waals surface area (Å²) in [6.45, 7) is 1.02. The molecule has 0 saturated heterocycles. The van der Waals surface area contributed by atoms with Crippen LogP contribution in [0.4, 0.5) is 0 Å². The van der Waals surface area contributed by atoms with Gasteiger partial charge in [0.1, 0.15) is 0 Å². The van der Waals surface area contributed by atoms with E-state index in [2.05, 4.69) is 5.32 Å². The summed E-state index contributed by atoms with van der Waals surface area (Å²) in [4.78, 5) is 0. The van der Waals surface area contributed by atoms with Crippen molar-refractivity contribution in [2.75, 3.05) is 13.7 Å². The molecule has 1 aromatic rings. The molecule has 0 saturated carbocycles. The Morgan fingerprint density at radius 1 is 1.56 bits per heavy atom. The normalized spacial score (nSPS) is 9.81. The van der Waals surface area contributed by atoms with Crippen molar-refractivity contribution in [1.29, 1.82) is 5.26 Å². The molecule has 4 nitrogen and oxygen atoms in total. The van der Waals surface area contributed by atoms with E-state index in [-0.39, 0.29) is 5.75 Å². The minimum atomic E-state index is 0.0800. The number of rotatable bonds is 5. The first-order valence-corrected chi connectivity index (χ1v) is 5.20. The maximum absolute atomic E-state index is 9.78. The second kappa shape index (κ2) is 6.21. The molecule has 0 fully saturated rings. The molecule has 0 radical (unpaired) electrons. The third-order valence-corrected chi connectivity index (χ3v) is 2.29. The van der Waals surface area contributed by atoms with Crippen molar-refractivity contribution in [1.82, 2.24) is 5.32 Å². The molecule has 5 heteroatoms. The standard InChI is InChI=1S/C11H13ClN2O2/c1-16-10-6-9(12)5-8(11(10)15)7-14-4-2-3-13/h5-6,14-15H,2,4,7H2,1H3. The fraction of sp³-hybridized carbons (Fsp3) is 0.364. The van der Waals surface area contributed by atoms with Crippen molar-refractivity contribution >= 4 is 11.6 Å². The van der Waals surface area contributed by atoms with Gasteiger partial charge in [-0.05, 0) is 6.07 Å². The molecule has 0 amide bonds. The van der Waals surface area contributed by atoms with Crippen LogP contribution >= 0.6 is 11.6 Å². The predicted octanol–water partition coefficient (Wildman–Crippen LogP) is 2.06. The van der Waals surface area contributed by atoms with Crippen molar-refractivity contribution in [2.24, 2.45) is 0 Å². The van der Waals surface area contributed by atoms with Crippen molar-refractivity contribution in [3.05, 3.63) is 22.7 Å². The van der Waals surface area contributed by atoms with Gasteiger partial charge >= 0.3 is 0 Å². The summed E-state index contributed by atoms with van der Waals surface area (Å²) in [6, 6.07) is 5.24. The lowest BCUT2D eigenvalue weighted by Gasteiger charge is -2.10. The number of benzene rings is 1. The molecule has 0 spiro atoms. The first-order valence-electron chi connectivity index (χ1n) is 4.82. The van der Waals surface area contributed by atoms with Crippen LogP contribution in [0.1, 0.15) is 12.0 Å². The number of hydrogen-bond acceptors (Lipinski definition) is 4. The highest BCUT2D eigenvalue weighted by atomic mass is 35.5. The van der Waals surface area contributed by atoms with Gasteiger partial charge in [-0.1, -0.05) is 11.6 Å². The van der Waals surface area contributed by atoms with Crippen LogP contribution < -0.4 is 10.1 Å². The highest BCUT2D eigenvalue weighted by molar-refractivity contribution is 6.30. The lowest BCUT2D eigenvalue weighted by Crippen LogP contribution is -2.14. The van der Waals surface area contributed by atoms with Crippen LogP contribution in [0.25, 0.3) is 0 Å². The van der Waals surface area contributed by atoms with Crippen LogP contribution in [0.15, 0.2) is 12.1 Å². The maximum atomic E-state index is 9.78. The Hall–Kier alpha value is -1.44. The van der Waals surface area contributed by atoms with Crippen LogP contribution in [0, 0.1) is 11.3 Å². The smallest absolute Gasteiger partial charge is 0.162 e. The molecule has 0 bridgehead atoms. The van der Waals surface area contributed by atoms with E-state index in [0.717, 1.165) is 0 Å². The molecule has 1 rings (SSSR count). The fourth-order valence-corrected chi connectivity index (χ4v) is 1.52. The largest absolute Gasteiger partial charge is 0.504 e. The molecule has 0 aliphatic carbocycles. The summed E-state index contributed by atoms with van der Waals surface area (Å²) in [5.74, 6) is 0.431. The van der Waals surface area contributed by atoms with Gasteiger partial charge in [-0.2, -0.15) is 5.26 Å². The fourth-order valence-electron chi connectivity index (χ4n) is 1.29. The quantitative estimate of drug-likeness (QED) is 0.774. The first kappa shape index (κ1) is 12.6. The SMILES string of the molecule is COc1cc(Cl)cc(CNCCC#N)c1O. The molecule has 1 aromatic carbocycles. The highest BCUT2D eigenvalue weighted by Gasteiger charge is 2.09. The Balaban J connectivity index is 2.72. The van der Waals surface area contributed by atoms with Gasteiger partial charge in [-0.25, -0.2) is 0 Å². The highest BCUT2D eigenvalue weighted by Crippen LogP contribution is 2.33. The molecule has 86 valence electrons. The predicted molar refractivity (Wildman–Crippen MR) is 61.6 cm³/mol. The summed E-state index contributed by atoms with van der Waals surface area (Å²) in [6.07, 6.45) is 0.429. The maximum Gasteiger partial charge on any atom is 0.162 e. The number of phenolic OH excluding ortho intramolecular Hbond substituents is 1. The minimum absolute atomic E-state index is 0.0800. The number of phenols is 1. The third-order valence-electron chi connectivity index (χ3n) is 2.07. The zero-order valence-electron chi connectivity index (χ0n) is 8.96. The topological polar surface area (TPSA) is 65.3 Å². The van der Waals surface area contributed by atoms with E-state index in [1.807, 2.05) is 6.07 Å². The number of methoxy groups -OCH3 is 1. The minimum Gasteiger partial charge on any atom is -0.504 e. The van der Waals surface area contributed by atoms with Gasteiger partial charge in [-0.15, -0.1) is 0 Å². The van der Waals surface area contributed by atoms with E-state index >= 15 is 0 Å². The van der Waals surface area contributed by atoms with Gasteiger partial charge in [0.05, 0.1) is 13.2 Å². The Labute approximate surface area is 99.4 Å². The molecule has 0 aromatic heterocycles. The van der Waals surface area contributed by atoms with E-state index in [9.17, 15) is 5.11 Å². The Bertz CT molecular complexity index is 402. The Morgan fingerprint density at radius 3 is 2.94 bits per heavy atom. The Kier molecular flexibility index (Phi) is 4.90. The summed E-state index contributed by atoms with van der Waals surface area (Å²) in [7, 11) is 1.47. The van der Waals surface area contributed by atoms with Gasteiger partial charge in [-0.3, -0.25) is 0 Å². The average molecular weight is 241 g/mol. The first-order chi connectivity index (χ1) is 7.69. The van der Waals surface area contributed by atoms with E-state index in [1.165, 1.54) is 7.11 Å². The molecular formula is C11H13ClN2O2. The van der Waals surface area contributed by atoms with E-state index in [4.69, 9.17) is 21.6 Å². The molecule has 0 aliphatic rings. The molecule has 0 unspecified atom stereocenters. The second-order valence-electron chi connectivity index (χ2n) is 3.20. The number of aromatic hydroxyl groups is 1. The van der Waals surface area contributed by atoms with Crippen LogP contribution in [-0.4, -0.2) is 18.8 Å². The zero-order valence-corrected chi connectivity index (χ0v) is 9.71. The zero-order chi connectivity index (χ0) is 12.0. The summed E-state index contributed by atoms with van der Waals surface area (Å²) >= 11 is 5.87.